The van der Waals surface area contributed by atoms with Gasteiger partial charge in [-0.05, 0) is 26.8 Å². The molecule has 1 aliphatic carbocycles. The van der Waals surface area contributed by atoms with E-state index in [9.17, 15) is 0 Å². The minimum Gasteiger partial charge on any atom is -0.300 e. The summed E-state index contributed by atoms with van der Waals surface area (Å²) in [6.45, 7) is 2.21. The molecule has 0 bridgehead atoms. The summed E-state index contributed by atoms with van der Waals surface area (Å²) >= 11 is 5.82. The first-order chi connectivity index (χ1) is 5.75. The Hall–Kier alpha value is 0.250. The van der Waals surface area contributed by atoms with Crippen molar-refractivity contribution in [2.24, 2.45) is 0 Å². The Bertz CT molecular complexity index is 121. The third-order valence-electron chi connectivity index (χ3n) is 3.07. The van der Waals surface area contributed by atoms with Crippen LogP contribution >= 0.6 is 11.6 Å². The lowest BCUT2D eigenvalue weighted by atomic mass is 9.94. The third kappa shape index (κ3) is 2.63. The molecule has 2 heteroatoms. The maximum absolute atomic E-state index is 5.82. The molecular formula is C10H20ClN. The Kier molecular flexibility index (Phi) is 4.38. The van der Waals surface area contributed by atoms with Crippen LogP contribution in [0.25, 0.3) is 0 Å². The van der Waals surface area contributed by atoms with Gasteiger partial charge in [-0.3, -0.25) is 4.90 Å². The van der Waals surface area contributed by atoms with Gasteiger partial charge in [-0.2, -0.15) is 0 Å². The quantitative estimate of drug-likeness (QED) is 0.618. The van der Waals surface area contributed by atoms with Crippen LogP contribution in [-0.4, -0.2) is 29.9 Å². The van der Waals surface area contributed by atoms with Gasteiger partial charge in [0.1, 0.15) is 0 Å². The topological polar surface area (TPSA) is 3.24 Å². The van der Waals surface area contributed by atoms with E-state index in [2.05, 4.69) is 18.9 Å². The Labute approximate surface area is 81.1 Å². The van der Waals surface area contributed by atoms with E-state index in [1.807, 2.05) is 0 Å². The van der Waals surface area contributed by atoms with Crippen molar-refractivity contribution in [2.45, 2.75) is 51.1 Å². The minimum absolute atomic E-state index is 0.537. The van der Waals surface area contributed by atoms with E-state index >= 15 is 0 Å². The van der Waals surface area contributed by atoms with Crippen LogP contribution in [0, 0.1) is 0 Å². The van der Waals surface area contributed by atoms with Crippen molar-refractivity contribution in [3.63, 3.8) is 0 Å². The summed E-state index contributed by atoms with van der Waals surface area (Å²) in [6.07, 6.45) is 6.99. The Balaban J connectivity index is 2.33. The SMILES string of the molecule is CC(CCl)N(C)C1CCCCC1. The van der Waals surface area contributed by atoms with Gasteiger partial charge in [0, 0.05) is 18.0 Å². The van der Waals surface area contributed by atoms with E-state index in [-0.39, 0.29) is 0 Å². The number of halogens is 1. The number of hydrogen-bond donors (Lipinski definition) is 0. The fraction of sp³-hybridized carbons (Fsp3) is 1.00. The number of nitrogens with zero attached hydrogens (tertiary/aromatic N) is 1. The second kappa shape index (κ2) is 5.08. The average molecular weight is 190 g/mol. The first kappa shape index (κ1) is 10.3. The van der Waals surface area contributed by atoms with Crippen LogP contribution in [0.5, 0.6) is 0 Å². The standard InChI is InChI=1S/C10H20ClN/c1-9(8-11)12(2)10-6-4-3-5-7-10/h9-10H,3-8H2,1-2H3. The molecule has 1 saturated carbocycles. The summed E-state index contributed by atoms with van der Waals surface area (Å²) in [4.78, 5) is 2.45. The van der Waals surface area contributed by atoms with Gasteiger partial charge in [-0.1, -0.05) is 19.3 Å². The van der Waals surface area contributed by atoms with Gasteiger partial charge in [-0.25, -0.2) is 0 Å². The van der Waals surface area contributed by atoms with Crippen LogP contribution in [0.4, 0.5) is 0 Å². The van der Waals surface area contributed by atoms with Gasteiger partial charge >= 0.3 is 0 Å². The van der Waals surface area contributed by atoms with Gasteiger partial charge in [0.15, 0.2) is 0 Å². The molecule has 0 aromatic rings. The maximum atomic E-state index is 5.82. The smallest absolute Gasteiger partial charge is 0.0376 e. The molecule has 0 spiro atoms. The van der Waals surface area contributed by atoms with E-state index in [0.717, 1.165) is 11.9 Å². The molecule has 0 radical (unpaired) electrons. The zero-order valence-corrected chi connectivity index (χ0v) is 8.98. The van der Waals surface area contributed by atoms with E-state index in [0.29, 0.717) is 6.04 Å². The lowest BCUT2D eigenvalue weighted by Gasteiger charge is -2.34. The van der Waals surface area contributed by atoms with Crippen molar-refractivity contribution in [3.05, 3.63) is 0 Å². The highest BCUT2D eigenvalue weighted by atomic mass is 35.5. The van der Waals surface area contributed by atoms with Gasteiger partial charge in [0.2, 0.25) is 0 Å². The van der Waals surface area contributed by atoms with Crippen molar-refractivity contribution < 1.29 is 0 Å². The third-order valence-corrected chi connectivity index (χ3v) is 3.52. The molecule has 0 heterocycles. The Morgan fingerprint density at radius 3 is 2.42 bits per heavy atom. The molecule has 1 fully saturated rings. The zero-order valence-electron chi connectivity index (χ0n) is 8.22. The maximum Gasteiger partial charge on any atom is 0.0376 e. The van der Waals surface area contributed by atoms with Gasteiger partial charge in [0.25, 0.3) is 0 Å². The molecule has 0 aromatic heterocycles. The van der Waals surface area contributed by atoms with Crippen LogP contribution in [0.15, 0.2) is 0 Å². The first-order valence-electron chi connectivity index (χ1n) is 5.03. The monoisotopic (exact) mass is 189 g/mol. The molecule has 1 rings (SSSR count). The van der Waals surface area contributed by atoms with E-state index in [1.165, 1.54) is 32.1 Å². The lowest BCUT2D eigenvalue weighted by Crippen LogP contribution is -2.40. The first-order valence-corrected chi connectivity index (χ1v) is 5.57. The fourth-order valence-electron chi connectivity index (χ4n) is 1.96. The predicted octanol–water partition coefficient (Wildman–Crippen LogP) is 2.88. The normalized spacial score (nSPS) is 23.0. The van der Waals surface area contributed by atoms with Crippen molar-refractivity contribution in [3.8, 4) is 0 Å². The van der Waals surface area contributed by atoms with Crippen LogP contribution in [0.1, 0.15) is 39.0 Å². The molecule has 0 N–H and O–H groups in total. The number of hydrogen-bond acceptors (Lipinski definition) is 1. The second-order valence-electron chi connectivity index (χ2n) is 3.96. The van der Waals surface area contributed by atoms with Crippen molar-refractivity contribution in [1.29, 1.82) is 0 Å². The molecule has 1 aliphatic rings. The highest BCUT2D eigenvalue weighted by molar-refractivity contribution is 6.18. The molecule has 12 heavy (non-hydrogen) atoms. The van der Waals surface area contributed by atoms with Crippen molar-refractivity contribution in [1.82, 2.24) is 4.90 Å². The van der Waals surface area contributed by atoms with Gasteiger partial charge in [0.05, 0.1) is 0 Å². The van der Waals surface area contributed by atoms with Gasteiger partial charge in [-0.15, -0.1) is 11.6 Å². The zero-order chi connectivity index (χ0) is 8.97. The summed E-state index contributed by atoms with van der Waals surface area (Å²) < 4.78 is 0. The summed E-state index contributed by atoms with van der Waals surface area (Å²) in [5.41, 5.74) is 0. The fourth-order valence-corrected chi connectivity index (χ4v) is 2.17. The van der Waals surface area contributed by atoms with E-state index in [4.69, 9.17) is 11.6 Å². The molecule has 0 aromatic carbocycles. The molecule has 1 atom stereocenters. The van der Waals surface area contributed by atoms with Crippen molar-refractivity contribution in [2.75, 3.05) is 12.9 Å². The summed E-state index contributed by atoms with van der Waals surface area (Å²) in [7, 11) is 2.21. The van der Waals surface area contributed by atoms with Crippen LogP contribution in [0.3, 0.4) is 0 Å². The van der Waals surface area contributed by atoms with Crippen molar-refractivity contribution >= 4 is 11.6 Å². The molecule has 72 valence electrons. The number of rotatable bonds is 3. The number of alkyl halides is 1. The van der Waals surface area contributed by atoms with Gasteiger partial charge < -0.3 is 0 Å². The Morgan fingerprint density at radius 1 is 1.33 bits per heavy atom. The predicted molar refractivity (Wildman–Crippen MR) is 54.8 cm³/mol. The molecule has 0 aliphatic heterocycles. The highest BCUT2D eigenvalue weighted by Crippen LogP contribution is 2.22. The van der Waals surface area contributed by atoms with Crippen LogP contribution in [-0.2, 0) is 0 Å². The van der Waals surface area contributed by atoms with E-state index in [1.54, 1.807) is 0 Å². The minimum atomic E-state index is 0.537. The molecule has 0 saturated heterocycles. The second-order valence-corrected chi connectivity index (χ2v) is 4.27. The highest BCUT2D eigenvalue weighted by Gasteiger charge is 2.20. The largest absolute Gasteiger partial charge is 0.300 e. The molecule has 0 amide bonds. The molecule has 1 unspecified atom stereocenters. The van der Waals surface area contributed by atoms with Crippen LogP contribution in [0.2, 0.25) is 0 Å². The van der Waals surface area contributed by atoms with Crippen LogP contribution < -0.4 is 0 Å². The molecular weight excluding hydrogens is 170 g/mol. The Morgan fingerprint density at radius 2 is 1.92 bits per heavy atom. The summed E-state index contributed by atoms with van der Waals surface area (Å²) in [5, 5.41) is 0. The lowest BCUT2D eigenvalue weighted by molar-refractivity contribution is 0.157. The molecule has 1 nitrogen and oxygen atoms in total. The average Bonchev–Trinajstić information content (AvgIpc) is 2.17. The summed E-state index contributed by atoms with van der Waals surface area (Å²) in [6, 6.07) is 1.34. The summed E-state index contributed by atoms with van der Waals surface area (Å²) in [5.74, 6) is 0.757. The van der Waals surface area contributed by atoms with E-state index < -0.39 is 0 Å².